The number of hydrogen-bond donors (Lipinski definition) is 1. The fourth-order valence-electron chi connectivity index (χ4n) is 4.43. The number of carbonyl (C=O) groups excluding carboxylic acids is 2. The van der Waals surface area contributed by atoms with Crippen LogP contribution in [0.1, 0.15) is 55.1 Å². The van der Waals surface area contributed by atoms with E-state index in [9.17, 15) is 9.59 Å². The molecule has 0 spiro atoms. The van der Waals surface area contributed by atoms with Crippen LogP contribution in [0.5, 0.6) is 5.75 Å². The number of rotatable bonds is 11. The zero-order valence-electron chi connectivity index (χ0n) is 21.2. The largest absolute Gasteiger partial charge is 0.484 e. The molecule has 1 aliphatic heterocycles. The topological polar surface area (TPSA) is 75.0 Å². The lowest BCUT2D eigenvalue weighted by atomic mass is 10.1. The van der Waals surface area contributed by atoms with E-state index in [1.165, 1.54) is 0 Å². The minimum atomic E-state index is -0.308. The Balaban J connectivity index is 1.56. The van der Waals surface area contributed by atoms with Crippen LogP contribution >= 0.6 is 11.6 Å². The van der Waals surface area contributed by atoms with Gasteiger partial charge in [0.15, 0.2) is 6.61 Å². The van der Waals surface area contributed by atoms with Crippen molar-refractivity contribution >= 4 is 34.8 Å². The van der Waals surface area contributed by atoms with Crippen LogP contribution in [-0.2, 0) is 11.3 Å². The van der Waals surface area contributed by atoms with Gasteiger partial charge in [-0.1, -0.05) is 24.9 Å². The Hall–Kier alpha value is -3.45. The Morgan fingerprint density at radius 2 is 1.86 bits per heavy atom. The van der Waals surface area contributed by atoms with Crippen LogP contribution in [0, 0.1) is 0 Å². The Morgan fingerprint density at radius 1 is 1.08 bits per heavy atom. The molecule has 0 unspecified atom stereocenters. The third-order valence-electron chi connectivity index (χ3n) is 6.39. The fourth-order valence-corrected chi connectivity index (χ4v) is 4.56. The summed E-state index contributed by atoms with van der Waals surface area (Å²) in [6, 6.07) is 16.2. The molecule has 1 N–H and O–H groups in total. The summed E-state index contributed by atoms with van der Waals surface area (Å²) < 4.78 is 11.2. The van der Waals surface area contributed by atoms with Crippen molar-refractivity contribution in [3.63, 3.8) is 0 Å². The molecule has 2 aromatic carbocycles. The highest BCUT2D eigenvalue weighted by Crippen LogP contribution is 2.29. The number of piperidine rings is 1. The van der Waals surface area contributed by atoms with E-state index in [0.29, 0.717) is 28.6 Å². The summed E-state index contributed by atoms with van der Waals surface area (Å²) in [5, 5.41) is 3.48. The number of ether oxygens (including phenoxy) is 1. The summed E-state index contributed by atoms with van der Waals surface area (Å²) in [7, 11) is 0. The molecule has 3 aromatic rings. The first-order chi connectivity index (χ1) is 18.0. The summed E-state index contributed by atoms with van der Waals surface area (Å²) in [5.74, 6) is 1.08. The van der Waals surface area contributed by atoms with Gasteiger partial charge in [-0.15, -0.1) is 0 Å². The van der Waals surface area contributed by atoms with Crippen molar-refractivity contribution in [3.8, 4) is 5.75 Å². The number of likely N-dealkylation sites (tertiary alicyclic amines) is 1. The second kappa shape index (κ2) is 13.2. The fraction of sp³-hybridized carbons (Fsp3) is 0.379. The molecule has 2 heterocycles. The third kappa shape index (κ3) is 7.52. The maximum atomic E-state index is 13.7. The van der Waals surface area contributed by atoms with Gasteiger partial charge in [-0.2, -0.15) is 0 Å². The second-order valence-electron chi connectivity index (χ2n) is 9.23. The minimum absolute atomic E-state index is 0.0100. The summed E-state index contributed by atoms with van der Waals surface area (Å²) in [6.45, 7) is 4.84. The molecule has 0 atom stereocenters. The number of halogens is 1. The minimum Gasteiger partial charge on any atom is -0.484 e. The normalized spacial score (nSPS) is 13.3. The van der Waals surface area contributed by atoms with Crippen molar-refractivity contribution < 1.29 is 18.7 Å². The number of unbranched alkanes of at least 4 members (excludes halogenated alkanes) is 1. The van der Waals surface area contributed by atoms with Crippen LogP contribution in [0.4, 0.5) is 11.4 Å². The quantitative estimate of drug-likeness (QED) is 0.315. The molecular formula is C29H34ClN3O4. The van der Waals surface area contributed by atoms with Crippen molar-refractivity contribution in [2.24, 2.45) is 0 Å². The number of furan rings is 1. The van der Waals surface area contributed by atoms with E-state index in [-0.39, 0.29) is 18.4 Å². The van der Waals surface area contributed by atoms with Gasteiger partial charge >= 0.3 is 0 Å². The number of amides is 2. The van der Waals surface area contributed by atoms with Crippen LogP contribution in [-0.4, -0.2) is 43.0 Å². The molecule has 2 amide bonds. The van der Waals surface area contributed by atoms with Gasteiger partial charge in [0.25, 0.3) is 11.8 Å². The first kappa shape index (κ1) is 26.6. The molecule has 1 aliphatic rings. The Kier molecular flexibility index (Phi) is 9.49. The van der Waals surface area contributed by atoms with E-state index >= 15 is 0 Å². The lowest BCUT2D eigenvalue weighted by Crippen LogP contribution is -2.37. The van der Waals surface area contributed by atoms with Crippen molar-refractivity contribution in [2.75, 3.05) is 36.5 Å². The van der Waals surface area contributed by atoms with Gasteiger partial charge in [0.2, 0.25) is 0 Å². The highest BCUT2D eigenvalue weighted by Gasteiger charge is 2.24. The lowest BCUT2D eigenvalue weighted by molar-refractivity contribution is -0.118. The molecule has 4 rings (SSSR count). The maximum Gasteiger partial charge on any atom is 0.262 e. The molecular weight excluding hydrogens is 490 g/mol. The maximum absolute atomic E-state index is 13.7. The summed E-state index contributed by atoms with van der Waals surface area (Å²) >= 11 is 5.91. The van der Waals surface area contributed by atoms with E-state index in [0.717, 1.165) is 63.2 Å². The molecule has 0 bridgehead atoms. The molecule has 196 valence electrons. The van der Waals surface area contributed by atoms with Crippen LogP contribution in [0.15, 0.2) is 65.3 Å². The average Bonchev–Trinajstić information content (AvgIpc) is 3.44. The standard InChI is InChI=1S/C29H34ClN3O4/c1-2-3-15-33(20-25-8-7-18-36-25)27-14-11-23(19-26(27)29(35)32-16-5-4-6-17-32)31-28(34)21-37-24-12-9-22(30)10-13-24/h7-14,18-19H,2-6,15-17,20-21H2,1H3,(H,31,34). The van der Waals surface area contributed by atoms with E-state index < -0.39 is 0 Å². The molecule has 0 aliphatic carbocycles. The molecule has 8 heteroatoms. The monoisotopic (exact) mass is 523 g/mol. The number of benzene rings is 2. The van der Waals surface area contributed by atoms with Gasteiger partial charge in [0, 0.05) is 30.3 Å². The SMILES string of the molecule is CCCCN(Cc1ccco1)c1ccc(NC(=O)COc2ccc(Cl)cc2)cc1C(=O)N1CCCCC1. The number of nitrogens with zero attached hydrogens (tertiary/aromatic N) is 2. The molecule has 1 saturated heterocycles. The first-order valence-electron chi connectivity index (χ1n) is 12.9. The smallest absolute Gasteiger partial charge is 0.262 e. The van der Waals surface area contributed by atoms with Gasteiger partial charge in [-0.3, -0.25) is 9.59 Å². The molecule has 1 fully saturated rings. The number of nitrogens with one attached hydrogen (secondary N) is 1. The van der Waals surface area contributed by atoms with Crippen molar-refractivity contribution in [3.05, 3.63) is 77.2 Å². The highest BCUT2D eigenvalue weighted by molar-refractivity contribution is 6.30. The Labute approximate surface area is 223 Å². The van der Waals surface area contributed by atoms with E-state index in [1.54, 1.807) is 36.6 Å². The van der Waals surface area contributed by atoms with Crippen LogP contribution in [0.25, 0.3) is 0 Å². The van der Waals surface area contributed by atoms with E-state index in [4.69, 9.17) is 20.8 Å². The summed E-state index contributed by atoms with van der Waals surface area (Å²) in [5.41, 5.74) is 1.99. The van der Waals surface area contributed by atoms with Gasteiger partial charge in [-0.05, 0) is 80.3 Å². The highest BCUT2D eigenvalue weighted by atomic mass is 35.5. The summed E-state index contributed by atoms with van der Waals surface area (Å²) in [6.07, 6.45) is 6.83. The van der Waals surface area contributed by atoms with Crippen LogP contribution in [0.3, 0.4) is 0 Å². The first-order valence-corrected chi connectivity index (χ1v) is 13.3. The molecule has 0 saturated carbocycles. The lowest BCUT2D eigenvalue weighted by Gasteiger charge is -2.31. The van der Waals surface area contributed by atoms with Crippen molar-refractivity contribution in [2.45, 2.75) is 45.6 Å². The van der Waals surface area contributed by atoms with Gasteiger partial charge in [-0.25, -0.2) is 0 Å². The molecule has 0 radical (unpaired) electrons. The zero-order valence-corrected chi connectivity index (χ0v) is 22.0. The number of anilines is 2. The van der Waals surface area contributed by atoms with Gasteiger partial charge < -0.3 is 24.3 Å². The van der Waals surface area contributed by atoms with E-state index in [1.807, 2.05) is 29.2 Å². The molecule has 1 aromatic heterocycles. The average molecular weight is 524 g/mol. The third-order valence-corrected chi connectivity index (χ3v) is 6.64. The second-order valence-corrected chi connectivity index (χ2v) is 9.67. The number of carbonyl (C=O) groups is 2. The zero-order chi connectivity index (χ0) is 26.0. The van der Waals surface area contributed by atoms with Gasteiger partial charge in [0.05, 0.1) is 24.1 Å². The Bertz CT molecular complexity index is 1160. The van der Waals surface area contributed by atoms with Crippen LogP contribution < -0.4 is 15.0 Å². The predicted molar refractivity (Wildman–Crippen MR) is 146 cm³/mol. The van der Waals surface area contributed by atoms with Gasteiger partial charge in [0.1, 0.15) is 11.5 Å². The summed E-state index contributed by atoms with van der Waals surface area (Å²) in [4.78, 5) is 30.4. The van der Waals surface area contributed by atoms with Crippen LogP contribution in [0.2, 0.25) is 5.02 Å². The molecule has 37 heavy (non-hydrogen) atoms. The Morgan fingerprint density at radius 3 is 2.57 bits per heavy atom. The predicted octanol–water partition coefficient (Wildman–Crippen LogP) is 6.38. The van der Waals surface area contributed by atoms with E-state index in [2.05, 4.69) is 17.1 Å². The van der Waals surface area contributed by atoms with Crippen molar-refractivity contribution in [1.29, 1.82) is 0 Å². The number of hydrogen-bond acceptors (Lipinski definition) is 5. The molecule has 7 nitrogen and oxygen atoms in total. The van der Waals surface area contributed by atoms with Crippen molar-refractivity contribution in [1.82, 2.24) is 4.90 Å².